The van der Waals surface area contributed by atoms with Gasteiger partial charge in [-0.15, -0.1) is 11.3 Å². The second-order valence-corrected chi connectivity index (χ2v) is 6.67. The van der Waals surface area contributed by atoms with E-state index in [0.717, 1.165) is 17.4 Å². The van der Waals surface area contributed by atoms with Crippen molar-refractivity contribution in [2.24, 2.45) is 0 Å². The first-order chi connectivity index (χ1) is 10.1. The Morgan fingerprint density at radius 3 is 2.86 bits per heavy atom. The van der Waals surface area contributed by atoms with Crippen LogP contribution in [0.4, 0.5) is 9.52 Å². The minimum Gasteiger partial charge on any atom is -0.347 e. The van der Waals surface area contributed by atoms with Gasteiger partial charge in [0.15, 0.2) is 5.13 Å². The van der Waals surface area contributed by atoms with E-state index in [1.165, 1.54) is 23.8 Å². The van der Waals surface area contributed by atoms with E-state index >= 15 is 0 Å². The number of hydrogen-bond acceptors (Lipinski definition) is 4. The number of nitrogens with one attached hydrogen (secondary N) is 1. The van der Waals surface area contributed by atoms with E-state index in [0.29, 0.717) is 18.2 Å². The van der Waals surface area contributed by atoms with Crippen LogP contribution in [0.15, 0.2) is 24.3 Å². The molecule has 0 radical (unpaired) electrons. The van der Waals surface area contributed by atoms with E-state index in [-0.39, 0.29) is 5.82 Å². The molecule has 0 unspecified atom stereocenters. The first-order valence-electron chi connectivity index (χ1n) is 7.27. The van der Waals surface area contributed by atoms with Crippen molar-refractivity contribution >= 4 is 16.5 Å². The quantitative estimate of drug-likeness (QED) is 0.885. The van der Waals surface area contributed by atoms with Gasteiger partial charge >= 0.3 is 0 Å². The second kappa shape index (κ2) is 6.12. The van der Waals surface area contributed by atoms with E-state index < -0.39 is 0 Å². The van der Waals surface area contributed by atoms with Crippen molar-refractivity contribution in [1.29, 1.82) is 0 Å². The van der Waals surface area contributed by atoms with Gasteiger partial charge < -0.3 is 10.2 Å². The summed E-state index contributed by atoms with van der Waals surface area (Å²) < 4.78 is 13.7. The molecule has 0 bridgehead atoms. The smallest absolute Gasteiger partial charge is 0.185 e. The zero-order valence-corrected chi connectivity index (χ0v) is 13.2. The van der Waals surface area contributed by atoms with Crippen molar-refractivity contribution in [2.75, 3.05) is 11.9 Å². The van der Waals surface area contributed by atoms with Crippen LogP contribution in [0, 0.1) is 12.7 Å². The van der Waals surface area contributed by atoms with Crippen molar-refractivity contribution < 1.29 is 4.39 Å². The molecule has 112 valence electrons. The predicted molar refractivity (Wildman–Crippen MR) is 85.2 cm³/mol. The summed E-state index contributed by atoms with van der Waals surface area (Å²) in [6.07, 6.45) is 2.58. The van der Waals surface area contributed by atoms with Crippen molar-refractivity contribution in [3.05, 3.63) is 46.2 Å². The molecule has 1 aromatic carbocycles. The highest BCUT2D eigenvalue weighted by atomic mass is 32.1. The third-order valence-corrected chi connectivity index (χ3v) is 4.97. The van der Waals surface area contributed by atoms with E-state index in [4.69, 9.17) is 0 Å². The number of thiazole rings is 1. The minimum atomic E-state index is -0.159. The second-order valence-electron chi connectivity index (χ2n) is 5.61. The van der Waals surface area contributed by atoms with Gasteiger partial charge in [0.25, 0.3) is 0 Å². The van der Waals surface area contributed by atoms with Gasteiger partial charge in [0.1, 0.15) is 5.82 Å². The molecule has 0 amide bonds. The highest BCUT2D eigenvalue weighted by Crippen LogP contribution is 2.28. The van der Waals surface area contributed by atoms with Gasteiger partial charge in [-0.2, -0.15) is 0 Å². The lowest BCUT2D eigenvalue weighted by atomic mass is 10.2. The molecule has 1 saturated carbocycles. The highest BCUT2D eigenvalue weighted by Gasteiger charge is 2.21. The number of aryl methyl sites for hydroxylation is 1. The van der Waals surface area contributed by atoms with Gasteiger partial charge in [0, 0.05) is 36.6 Å². The number of benzene rings is 1. The average Bonchev–Trinajstić information content (AvgIpc) is 3.22. The van der Waals surface area contributed by atoms with Gasteiger partial charge in [-0.3, -0.25) is 0 Å². The predicted octanol–water partition coefficient (Wildman–Crippen LogP) is 3.48. The molecule has 1 heterocycles. The van der Waals surface area contributed by atoms with Crippen LogP contribution in [-0.2, 0) is 13.1 Å². The van der Waals surface area contributed by atoms with E-state index in [9.17, 15) is 4.39 Å². The number of halogens is 1. The van der Waals surface area contributed by atoms with Crippen molar-refractivity contribution in [2.45, 2.75) is 38.9 Å². The van der Waals surface area contributed by atoms with Crippen LogP contribution in [0.1, 0.15) is 29.0 Å². The summed E-state index contributed by atoms with van der Waals surface area (Å²) >= 11 is 1.69. The monoisotopic (exact) mass is 305 g/mol. The summed E-state index contributed by atoms with van der Waals surface area (Å²) in [7, 11) is 1.96. The molecule has 1 aliphatic rings. The fraction of sp³-hybridized carbons (Fsp3) is 0.438. The molecule has 0 atom stereocenters. The molecule has 21 heavy (non-hydrogen) atoms. The van der Waals surface area contributed by atoms with Gasteiger partial charge in [-0.1, -0.05) is 18.2 Å². The van der Waals surface area contributed by atoms with Crippen LogP contribution in [0.2, 0.25) is 0 Å². The molecule has 1 aromatic heterocycles. The molecule has 5 heteroatoms. The van der Waals surface area contributed by atoms with Gasteiger partial charge in [-0.05, 0) is 25.8 Å². The number of hydrogen-bond donors (Lipinski definition) is 1. The lowest BCUT2D eigenvalue weighted by Crippen LogP contribution is -2.17. The summed E-state index contributed by atoms with van der Waals surface area (Å²) in [6, 6.07) is 7.60. The number of anilines is 1. The Morgan fingerprint density at radius 2 is 2.14 bits per heavy atom. The zero-order chi connectivity index (χ0) is 14.8. The average molecular weight is 305 g/mol. The van der Waals surface area contributed by atoms with Gasteiger partial charge in [-0.25, -0.2) is 9.37 Å². The van der Waals surface area contributed by atoms with E-state index in [2.05, 4.69) is 10.3 Å². The van der Waals surface area contributed by atoms with Crippen molar-refractivity contribution in [1.82, 2.24) is 10.3 Å². The molecule has 1 N–H and O–H groups in total. The molecule has 1 aliphatic carbocycles. The number of nitrogens with zero attached hydrogens (tertiary/aromatic N) is 2. The lowest BCUT2D eigenvalue weighted by Gasteiger charge is -2.16. The third-order valence-electron chi connectivity index (χ3n) is 3.70. The van der Waals surface area contributed by atoms with Crippen molar-refractivity contribution in [3.8, 4) is 0 Å². The highest BCUT2D eigenvalue weighted by molar-refractivity contribution is 7.15. The molecule has 0 saturated heterocycles. The number of rotatable bonds is 6. The summed E-state index contributed by atoms with van der Waals surface area (Å²) in [6.45, 7) is 3.47. The molecular weight excluding hydrogens is 285 g/mol. The molecule has 0 aliphatic heterocycles. The Morgan fingerprint density at radius 1 is 1.38 bits per heavy atom. The maximum atomic E-state index is 13.7. The van der Waals surface area contributed by atoms with Crippen LogP contribution in [0.25, 0.3) is 0 Å². The largest absolute Gasteiger partial charge is 0.347 e. The van der Waals surface area contributed by atoms with E-state index in [1.807, 2.05) is 31.0 Å². The minimum absolute atomic E-state index is 0.159. The first-order valence-corrected chi connectivity index (χ1v) is 8.09. The SMILES string of the molecule is Cc1nc(N(C)Cc2ccccc2F)sc1CNC1CC1. The Hall–Kier alpha value is -1.46. The summed E-state index contributed by atoms with van der Waals surface area (Å²) in [5.41, 5.74) is 1.77. The molecule has 3 nitrogen and oxygen atoms in total. The molecule has 3 rings (SSSR count). The van der Waals surface area contributed by atoms with E-state index in [1.54, 1.807) is 17.4 Å². The maximum Gasteiger partial charge on any atom is 0.185 e. The Kier molecular flexibility index (Phi) is 4.22. The first kappa shape index (κ1) is 14.5. The van der Waals surface area contributed by atoms with Crippen LogP contribution in [-0.4, -0.2) is 18.1 Å². The Labute approximate surface area is 128 Å². The normalized spacial score (nSPS) is 14.4. The van der Waals surface area contributed by atoms with Crippen LogP contribution in [0.5, 0.6) is 0 Å². The maximum absolute atomic E-state index is 13.7. The summed E-state index contributed by atoms with van der Waals surface area (Å²) in [4.78, 5) is 7.90. The number of aromatic nitrogens is 1. The summed E-state index contributed by atoms with van der Waals surface area (Å²) in [5, 5.41) is 4.46. The summed E-state index contributed by atoms with van der Waals surface area (Å²) in [5.74, 6) is -0.159. The molecule has 2 aromatic rings. The molecular formula is C16H20FN3S. The van der Waals surface area contributed by atoms with Gasteiger partial charge in [0.05, 0.1) is 5.69 Å². The van der Waals surface area contributed by atoms with Crippen molar-refractivity contribution in [3.63, 3.8) is 0 Å². The molecule has 1 fully saturated rings. The molecule has 0 spiro atoms. The Bertz CT molecular complexity index is 622. The Balaban J connectivity index is 1.67. The third kappa shape index (κ3) is 3.60. The van der Waals surface area contributed by atoms with Crippen LogP contribution >= 0.6 is 11.3 Å². The fourth-order valence-electron chi connectivity index (χ4n) is 2.21. The van der Waals surface area contributed by atoms with Gasteiger partial charge in [0.2, 0.25) is 0 Å². The standard InChI is InChI=1S/C16H20FN3S/c1-11-15(9-18-13-7-8-13)21-16(19-11)20(2)10-12-5-3-4-6-14(12)17/h3-6,13,18H,7-10H2,1-2H3. The van der Waals surface area contributed by atoms with Crippen LogP contribution in [0.3, 0.4) is 0 Å². The fourth-order valence-corrected chi connectivity index (χ4v) is 3.19. The van der Waals surface area contributed by atoms with Crippen LogP contribution < -0.4 is 10.2 Å². The zero-order valence-electron chi connectivity index (χ0n) is 12.4. The topological polar surface area (TPSA) is 28.2 Å². The lowest BCUT2D eigenvalue weighted by molar-refractivity contribution is 0.608.